The van der Waals surface area contributed by atoms with Gasteiger partial charge in [-0.1, -0.05) is 12.1 Å². The van der Waals surface area contributed by atoms with E-state index in [0.717, 1.165) is 0 Å². The molecule has 0 saturated heterocycles. The number of nitrogens with zero attached hydrogens (tertiary/aromatic N) is 1. The molecule has 2 amide bonds. The summed E-state index contributed by atoms with van der Waals surface area (Å²) in [7, 11) is 0. The number of aromatic nitrogens is 1. The summed E-state index contributed by atoms with van der Waals surface area (Å²) in [5.41, 5.74) is 1.25. The van der Waals surface area contributed by atoms with E-state index in [4.69, 9.17) is 4.74 Å². The minimum Gasteiger partial charge on any atom is -0.462 e. The van der Waals surface area contributed by atoms with Crippen molar-refractivity contribution >= 4 is 23.4 Å². The Hall–Kier alpha value is -2.89. The molecular formula is C15H15N3O3. The van der Waals surface area contributed by atoms with Crippen molar-refractivity contribution in [3.05, 3.63) is 54.4 Å². The molecule has 6 heteroatoms. The van der Waals surface area contributed by atoms with Crippen LogP contribution >= 0.6 is 0 Å². The number of esters is 1. The largest absolute Gasteiger partial charge is 0.462 e. The fraction of sp³-hybridized carbons (Fsp3) is 0.133. The number of ether oxygens (including phenoxy) is 1. The van der Waals surface area contributed by atoms with Gasteiger partial charge < -0.3 is 15.4 Å². The van der Waals surface area contributed by atoms with Crippen LogP contribution in [0.25, 0.3) is 0 Å². The van der Waals surface area contributed by atoms with Gasteiger partial charge in [-0.15, -0.1) is 0 Å². The number of hydrogen-bond acceptors (Lipinski definition) is 4. The predicted octanol–water partition coefficient (Wildman–Crippen LogP) is 2.90. The number of pyridine rings is 1. The van der Waals surface area contributed by atoms with Crippen molar-refractivity contribution < 1.29 is 14.3 Å². The van der Waals surface area contributed by atoms with Gasteiger partial charge in [-0.3, -0.25) is 4.98 Å². The van der Waals surface area contributed by atoms with Gasteiger partial charge in [0.05, 0.1) is 29.7 Å². The van der Waals surface area contributed by atoms with E-state index in [0.29, 0.717) is 16.9 Å². The molecule has 6 nitrogen and oxygen atoms in total. The number of carbonyl (C=O) groups is 2. The van der Waals surface area contributed by atoms with Gasteiger partial charge in [0, 0.05) is 6.20 Å². The molecule has 0 bridgehead atoms. The zero-order chi connectivity index (χ0) is 15.1. The molecule has 0 aliphatic rings. The number of anilines is 2. The molecule has 0 fully saturated rings. The molecule has 1 heterocycles. The number of hydrogen-bond donors (Lipinski definition) is 2. The third kappa shape index (κ3) is 4.04. The quantitative estimate of drug-likeness (QED) is 0.846. The average molecular weight is 285 g/mol. The van der Waals surface area contributed by atoms with Crippen LogP contribution in [-0.2, 0) is 4.74 Å². The SMILES string of the molecule is CCOC(=O)c1ccccc1NC(=O)Nc1cccnc1. The van der Waals surface area contributed by atoms with Gasteiger partial charge in [-0.25, -0.2) is 9.59 Å². The monoisotopic (exact) mass is 285 g/mol. The Morgan fingerprint density at radius 1 is 1.14 bits per heavy atom. The second kappa shape index (κ2) is 7.04. The van der Waals surface area contributed by atoms with Gasteiger partial charge in [0.1, 0.15) is 0 Å². The van der Waals surface area contributed by atoms with Crippen molar-refractivity contribution in [3.63, 3.8) is 0 Å². The third-order valence-electron chi connectivity index (χ3n) is 2.59. The molecular weight excluding hydrogens is 270 g/mol. The molecule has 21 heavy (non-hydrogen) atoms. The van der Waals surface area contributed by atoms with Crippen LogP contribution in [0.4, 0.5) is 16.2 Å². The Morgan fingerprint density at radius 3 is 2.67 bits per heavy atom. The summed E-state index contributed by atoms with van der Waals surface area (Å²) >= 11 is 0. The molecule has 0 unspecified atom stereocenters. The molecule has 1 aromatic carbocycles. The molecule has 0 atom stereocenters. The topological polar surface area (TPSA) is 80.3 Å². The maximum Gasteiger partial charge on any atom is 0.340 e. The number of urea groups is 1. The highest BCUT2D eigenvalue weighted by Crippen LogP contribution is 2.16. The standard InChI is InChI=1S/C15H15N3O3/c1-2-21-14(19)12-7-3-4-8-13(12)18-15(20)17-11-6-5-9-16-10-11/h3-10H,2H2,1H3,(H2,17,18,20). The van der Waals surface area contributed by atoms with Gasteiger partial charge in [-0.2, -0.15) is 0 Å². The highest BCUT2D eigenvalue weighted by Gasteiger charge is 2.13. The van der Waals surface area contributed by atoms with Crippen LogP contribution in [0.3, 0.4) is 0 Å². The van der Waals surface area contributed by atoms with E-state index in [1.807, 2.05) is 0 Å². The summed E-state index contributed by atoms with van der Waals surface area (Å²) in [5.74, 6) is -0.477. The summed E-state index contributed by atoms with van der Waals surface area (Å²) in [6, 6.07) is 9.62. The third-order valence-corrected chi connectivity index (χ3v) is 2.59. The summed E-state index contributed by atoms with van der Waals surface area (Å²) < 4.78 is 4.95. The summed E-state index contributed by atoms with van der Waals surface area (Å²) in [4.78, 5) is 27.6. The van der Waals surface area contributed by atoms with Crippen molar-refractivity contribution in [3.8, 4) is 0 Å². The Bertz CT molecular complexity index is 629. The van der Waals surface area contributed by atoms with Crippen LogP contribution in [0.1, 0.15) is 17.3 Å². The average Bonchev–Trinajstić information content (AvgIpc) is 2.49. The normalized spacial score (nSPS) is 9.76. The van der Waals surface area contributed by atoms with Gasteiger partial charge in [0.15, 0.2) is 0 Å². The van der Waals surface area contributed by atoms with E-state index in [2.05, 4.69) is 15.6 Å². The van der Waals surface area contributed by atoms with Crippen LogP contribution in [-0.4, -0.2) is 23.6 Å². The first-order valence-electron chi connectivity index (χ1n) is 6.45. The van der Waals surface area contributed by atoms with Crippen molar-refractivity contribution in [1.82, 2.24) is 4.98 Å². The fourth-order valence-corrected chi connectivity index (χ4v) is 1.70. The van der Waals surface area contributed by atoms with Crippen molar-refractivity contribution in [2.45, 2.75) is 6.92 Å². The summed E-state index contributed by atoms with van der Waals surface area (Å²) in [6.45, 7) is 2.00. The van der Waals surface area contributed by atoms with Crippen molar-refractivity contribution in [2.75, 3.05) is 17.2 Å². The molecule has 1 aromatic heterocycles. The van der Waals surface area contributed by atoms with Gasteiger partial charge in [-0.05, 0) is 31.2 Å². The van der Waals surface area contributed by atoms with E-state index in [1.165, 1.54) is 6.20 Å². The number of benzene rings is 1. The lowest BCUT2D eigenvalue weighted by molar-refractivity contribution is 0.0527. The smallest absolute Gasteiger partial charge is 0.340 e. The van der Waals surface area contributed by atoms with Crippen LogP contribution in [0.15, 0.2) is 48.8 Å². The molecule has 0 aliphatic heterocycles. The highest BCUT2D eigenvalue weighted by atomic mass is 16.5. The van der Waals surface area contributed by atoms with Crippen LogP contribution in [0.2, 0.25) is 0 Å². The van der Waals surface area contributed by atoms with E-state index < -0.39 is 12.0 Å². The van der Waals surface area contributed by atoms with E-state index in [9.17, 15) is 9.59 Å². The Balaban J connectivity index is 2.09. The van der Waals surface area contributed by atoms with Gasteiger partial charge >= 0.3 is 12.0 Å². The Morgan fingerprint density at radius 2 is 1.95 bits per heavy atom. The molecule has 0 saturated carbocycles. The first kappa shape index (κ1) is 14.5. The van der Waals surface area contributed by atoms with Crippen molar-refractivity contribution in [2.24, 2.45) is 0 Å². The first-order chi connectivity index (χ1) is 10.2. The molecule has 0 spiro atoms. The Kier molecular flexibility index (Phi) is 4.87. The Labute approximate surface area is 122 Å². The second-order valence-corrected chi connectivity index (χ2v) is 4.09. The molecule has 2 aromatic rings. The van der Waals surface area contributed by atoms with Crippen molar-refractivity contribution in [1.29, 1.82) is 0 Å². The summed E-state index contributed by atoms with van der Waals surface area (Å²) in [6.07, 6.45) is 3.13. The molecule has 0 aliphatic carbocycles. The van der Waals surface area contributed by atoms with E-state index in [1.54, 1.807) is 49.5 Å². The predicted molar refractivity (Wildman–Crippen MR) is 79.3 cm³/mol. The van der Waals surface area contributed by atoms with Crippen LogP contribution in [0.5, 0.6) is 0 Å². The number of nitrogens with one attached hydrogen (secondary N) is 2. The van der Waals surface area contributed by atoms with Crippen LogP contribution in [0, 0.1) is 0 Å². The zero-order valence-electron chi connectivity index (χ0n) is 11.5. The van der Waals surface area contributed by atoms with Gasteiger partial charge in [0.2, 0.25) is 0 Å². The molecule has 0 radical (unpaired) electrons. The van der Waals surface area contributed by atoms with Gasteiger partial charge in [0.25, 0.3) is 0 Å². The number of rotatable bonds is 4. The first-order valence-corrected chi connectivity index (χ1v) is 6.45. The number of amides is 2. The van der Waals surface area contributed by atoms with E-state index in [-0.39, 0.29) is 6.61 Å². The second-order valence-electron chi connectivity index (χ2n) is 4.09. The lowest BCUT2D eigenvalue weighted by Gasteiger charge is -2.11. The molecule has 2 rings (SSSR count). The minimum absolute atomic E-state index is 0.273. The van der Waals surface area contributed by atoms with Crippen LogP contribution < -0.4 is 10.6 Å². The lowest BCUT2D eigenvalue weighted by Crippen LogP contribution is -2.21. The van der Waals surface area contributed by atoms with E-state index >= 15 is 0 Å². The maximum atomic E-state index is 11.9. The maximum absolute atomic E-state index is 11.9. The highest BCUT2D eigenvalue weighted by molar-refractivity contribution is 6.04. The molecule has 2 N–H and O–H groups in total. The molecule has 108 valence electrons. The number of para-hydroxylation sites is 1. The number of carbonyl (C=O) groups excluding carboxylic acids is 2. The zero-order valence-corrected chi connectivity index (χ0v) is 11.5. The lowest BCUT2D eigenvalue weighted by atomic mass is 10.2. The summed E-state index contributed by atoms with van der Waals surface area (Å²) in [5, 5.41) is 5.24. The fourth-order valence-electron chi connectivity index (χ4n) is 1.70. The minimum atomic E-state index is -0.477.